The third-order valence-corrected chi connectivity index (χ3v) is 12.1. The predicted molar refractivity (Wildman–Crippen MR) is 125 cm³/mol. The van der Waals surface area contributed by atoms with Gasteiger partial charge in [-0.05, 0) is 81.1 Å². The van der Waals surface area contributed by atoms with E-state index in [9.17, 15) is 0 Å². The van der Waals surface area contributed by atoms with Gasteiger partial charge in [-0.2, -0.15) is 0 Å². The number of benzene rings is 1. The van der Waals surface area contributed by atoms with E-state index in [1.807, 2.05) is 0 Å². The lowest BCUT2D eigenvalue weighted by molar-refractivity contribution is 0.215. The average Bonchev–Trinajstić information content (AvgIpc) is 3.19. The molecule has 156 valence electrons. The zero-order chi connectivity index (χ0) is 19.3. The molecule has 3 saturated carbocycles. The Kier molecular flexibility index (Phi) is 7.51. The third kappa shape index (κ3) is 4.67. The molecule has 0 saturated heterocycles. The highest BCUT2D eigenvalue weighted by Crippen LogP contribution is 2.65. The fourth-order valence-electron chi connectivity index (χ4n) is 6.88. The van der Waals surface area contributed by atoms with Gasteiger partial charge < -0.3 is 4.90 Å². The van der Waals surface area contributed by atoms with Crippen molar-refractivity contribution in [3.8, 4) is 0 Å². The number of hydrogen-bond acceptors (Lipinski definition) is 1. The SMILES string of the molecule is CN(C)[C@H](c1ccccc1)[C@H]1CCC[C@H]1P(C1CCCCC1)C1CCCCC1. The predicted octanol–water partition coefficient (Wildman–Crippen LogP) is 7.61. The minimum absolute atomic E-state index is 0.188. The van der Waals surface area contributed by atoms with Crippen LogP contribution in [0.2, 0.25) is 0 Å². The molecule has 4 rings (SSSR count). The molecule has 28 heavy (non-hydrogen) atoms. The molecule has 0 amide bonds. The molecule has 3 fully saturated rings. The third-order valence-electron chi connectivity index (χ3n) is 8.01. The molecule has 2 heteroatoms. The van der Waals surface area contributed by atoms with E-state index >= 15 is 0 Å². The summed E-state index contributed by atoms with van der Waals surface area (Å²) in [6.07, 6.45) is 19.8. The van der Waals surface area contributed by atoms with Crippen LogP contribution in [-0.4, -0.2) is 36.0 Å². The Labute approximate surface area is 175 Å². The van der Waals surface area contributed by atoms with Gasteiger partial charge in [0.2, 0.25) is 0 Å². The summed E-state index contributed by atoms with van der Waals surface area (Å²) in [5.41, 5.74) is 4.77. The molecule has 3 aliphatic rings. The van der Waals surface area contributed by atoms with Crippen molar-refractivity contribution in [3.63, 3.8) is 0 Å². The van der Waals surface area contributed by atoms with Gasteiger partial charge in [0.1, 0.15) is 0 Å². The van der Waals surface area contributed by atoms with E-state index in [2.05, 4.69) is 49.3 Å². The quantitative estimate of drug-likeness (QED) is 0.445. The lowest BCUT2D eigenvalue weighted by Gasteiger charge is -2.46. The lowest BCUT2D eigenvalue weighted by Crippen LogP contribution is -2.35. The van der Waals surface area contributed by atoms with Crippen molar-refractivity contribution in [3.05, 3.63) is 35.9 Å². The second-order valence-electron chi connectivity index (χ2n) is 10.0. The van der Waals surface area contributed by atoms with Crippen molar-refractivity contribution in [1.29, 1.82) is 0 Å². The van der Waals surface area contributed by atoms with Gasteiger partial charge in [0, 0.05) is 6.04 Å². The van der Waals surface area contributed by atoms with Gasteiger partial charge >= 0.3 is 0 Å². The maximum absolute atomic E-state index is 2.55. The van der Waals surface area contributed by atoms with Gasteiger partial charge in [-0.3, -0.25) is 0 Å². The van der Waals surface area contributed by atoms with E-state index in [4.69, 9.17) is 0 Å². The van der Waals surface area contributed by atoms with E-state index in [-0.39, 0.29) is 7.92 Å². The highest BCUT2D eigenvalue weighted by Gasteiger charge is 2.44. The van der Waals surface area contributed by atoms with Crippen LogP contribution >= 0.6 is 7.92 Å². The molecular weight excluding hydrogens is 357 g/mol. The summed E-state index contributed by atoms with van der Waals surface area (Å²) in [5.74, 6) is 0.882. The van der Waals surface area contributed by atoms with Crippen LogP contribution in [0.1, 0.15) is 95.1 Å². The van der Waals surface area contributed by atoms with E-state index in [1.165, 1.54) is 57.8 Å². The van der Waals surface area contributed by atoms with Crippen LogP contribution in [0.4, 0.5) is 0 Å². The van der Waals surface area contributed by atoms with Crippen molar-refractivity contribution in [2.45, 2.75) is 106 Å². The fourth-order valence-corrected chi connectivity index (χ4v) is 11.7. The van der Waals surface area contributed by atoms with E-state index < -0.39 is 0 Å². The zero-order valence-electron chi connectivity index (χ0n) is 18.4. The van der Waals surface area contributed by atoms with Crippen LogP contribution in [-0.2, 0) is 0 Å². The Morgan fingerprint density at radius 1 is 0.714 bits per heavy atom. The highest BCUT2D eigenvalue weighted by atomic mass is 31.1. The zero-order valence-corrected chi connectivity index (χ0v) is 19.3. The summed E-state index contributed by atoms with van der Waals surface area (Å²) in [5, 5.41) is 0. The van der Waals surface area contributed by atoms with Crippen LogP contribution < -0.4 is 0 Å². The molecule has 1 aromatic rings. The first-order valence-corrected chi connectivity index (χ1v) is 13.8. The largest absolute Gasteiger partial charge is 0.302 e. The molecule has 1 nitrogen and oxygen atoms in total. The molecule has 0 radical (unpaired) electrons. The molecule has 0 spiro atoms. The molecule has 0 unspecified atom stereocenters. The summed E-state index contributed by atoms with van der Waals surface area (Å²) >= 11 is 0. The minimum Gasteiger partial charge on any atom is -0.302 e. The van der Waals surface area contributed by atoms with Gasteiger partial charge in [0.25, 0.3) is 0 Å². The standard InChI is InChI=1S/C26H42NP/c1-27(2)26(21-13-6-3-7-14-21)24-19-12-20-25(24)28(22-15-8-4-9-16-22)23-17-10-5-11-18-23/h3,6-7,13-14,22-26H,4-5,8-12,15-20H2,1-2H3/t24-,25+,26+/m0/s1. The fraction of sp³-hybridized carbons (Fsp3) is 0.769. The number of rotatable bonds is 6. The van der Waals surface area contributed by atoms with Gasteiger partial charge in [-0.15, -0.1) is 0 Å². The lowest BCUT2D eigenvalue weighted by atomic mass is 9.90. The van der Waals surface area contributed by atoms with E-state index in [0.717, 1.165) is 22.9 Å². The molecular formula is C26H42NP. The first kappa shape index (κ1) is 20.9. The topological polar surface area (TPSA) is 3.24 Å². The van der Waals surface area contributed by atoms with Crippen molar-refractivity contribution in [2.75, 3.05) is 14.1 Å². The van der Waals surface area contributed by atoms with Crippen molar-refractivity contribution in [2.24, 2.45) is 5.92 Å². The van der Waals surface area contributed by atoms with Crippen LogP contribution in [0.5, 0.6) is 0 Å². The molecule has 0 heterocycles. The van der Waals surface area contributed by atoms with Crippen LogP contribution in [0.3, 0.4) is 0 Å². The van der Waals surface area contributed by atoms with Crippen molar-refractivity contribution < 1.29 is 0 Å². The average molecular weight is 400 g/mol. The highest BCUT2D eigenvalue weighted by molar-refractivity contribution is 7.60. The number of hydrogen-bond donors (Lipinski definition) is 0. The van der Waals surface area contributed by atoms with Crippen LogP contribution in [0, 0.1) is 5.92 Å². The van der Waals surface area contributed by atoms with E-state index in [1.54, 1.807) is 31.2 Å². The second kappa shape index (κ2) is 10.1. The normalized spacial score (nSPS) is 28.9. The Morgan fingerprint density at radius 3 is 1.82 bits per heavy atom. The van der Waals surface area contributed by atoms with Crippen molar-refractivity contribution in [1.82, 2.24) is 4.90 Å². The summed E-state index contributed by atoms with van der Waals surface area (Å²) in [7, 11) is 4.85. The molecule has 3 atom stereocenters. The molecule has 0 bridgehead atoms. The van der Waals surface area contributed by atoms with Gasteiger partial charge in [0.15, 0.2) is 0 Å². The Bertz CT molecular complexity index is 555. The molecule has 0 aliphatic heterocycles. The molecule has 0 aromatic heterocycles. The Morgan fingerprint density at radius 2 is 1.29 bits per heavy atom. The van der Waals surface area contributed by atoms with Gasteiger partial charge in [-0.1, -0.05) is 83.2 Å². The summed E-state index contributed by atoms with van der Waals surface area (Å²) < 4.78 is 0. The number of nitrogens with zero attached hydrogens (tertiary/aromatic N) is 1. The Balaban J connectivity index is 1.62. The molecule has 3 aliphatic carbocycles. The van der Waals surface area contributed by atoms with Gasteiger partial charge in [0.05, 0.1) is 0 Å². The van der Waals surface area contributed by atoms with Crippen LogP contribution in [0.25, 0.3) is 0 Å². The maximum Gasteiger partial charge on any atom is 0.0376 e. The Hall–Kier alpha value is -0.390. The molecule has 0 N–H and O–H groups in total. The van der Waals surface area contributed by atoms with E-state index in [0.29, 0.717) is 6.04 Å². The van der Waals surface area contributed by atoms with Gasteiger partial charge in [-0.25, -0.2) is 0 Å². The summed E-state index contributed by atoms with van der Waals surface area (Å²) in [6, 6.07) is 12.1. The molecule has 1 aromatic carbocycles. The minimum atomic E-state index is 0.188. The van der Waals surface area contributed by atoms with Crippen molar-refractivity contribution >= 4 is 7.92 Å². The summed E-state index contributed by atoms with van der Waals surface area (Å²) in [6.45, 7) is 0. The monoisotopic (exact) mass is 399 g/mol. The van der Waals surface area contributed by atoms with Crippen LogP contribution in [0.15, 0.2) is 30.3 Å². The smallest absolute Gasteiger partial charge is 0.0376 e. The first-order valence-electron chi connectivity index (χ1n) is 12.2. The second-order valence-corrected chi connectivity index (χ2v) is 13.0. The first-order chi connectivity index (χ1) is 13.8. The summed E-state index contributed by atoms with van der Waals surface area (Å²) in [4.78, 5) is 2.55. The maximum atomic E-state index is 2.55.